The summed E-state index contributed by atoms with van der Waals surface area (Å²) < 4.78 is 1.26. The van der Waals surface area contributed by atoms with Gasteiger partial charge in [-0.25, -0.2) is 4.98 Å². The van der Waals surface area contributed by atoms with Gasteiger partial charge in [-0.2, -0.15) is 0 Å². The zero-order chi connectivity index (χ0) is 19.5. The third-order valence-corrected chi connectivity index (χ3v) is 7.83. The second kappa shape index (κ2) is 8.66. The number of aromatic nitrogens is 1. The van der Waals surface area contributed by atoms with Crippen molar-refractivity contribution in [3.63, 3.8) is 0 Å². The summed E-state index contributed by atoms with van der Waals surface area (Å²) in [7, 11) is 0. The highest BCUT2D eigenvalue weighted by molar-refractivity contribution is 7.99. The molecule has 3 nitrogen and oxygen atoms in total. The molecule has 2 aromatic carbocycles. The van der Waals surface area contributed by atoms with Crippen molar-refractivity contribution < 1.29 is 4.79 Å². The zero-order valence-corrected chi connectivity index (χ0v) is 18.1. The van der Waals surface area contributed by atoms with Crippen molar-refractivity contribution in [3.8, 4) is 0 Å². The number of hydrogen-bond acceptors (Lipinski definition) is 4. The van der Waals surface area contributed by atoms with Gasteiger partial charge in [-0.1, -0.05) is 38.1 Å². The molecule has 0 atom stereocenters. The van der Waals surface area contributed by atoms with E-state index in [1.807, 2.05) is 29.2 Å². The first kappa shape index (κ1) is 19.5. The normalized spacial score (nSPS) is 15.5. The van der Waals surface area contributed by atoms with Gasteiger partial charge in [0.15, 0.2) is 0 Å². The number of fused-ring (bicyclic) bond motifs is 1. The lowest BCUT2D eigenvalue weighted by Crippen LogP contribution is -2.38. The maximum Gasteiger partial charge on any atom is 0.254 e. The van der Waals surface area contributed by atoms with Crippen molar-refractivity contribution >= 4 is 39.2 Å². The van der Waals surface area contributed by atoms with Crippen LogP contribution in [0.2, 0.25) is 0 Å². The van der Waals surface area contributed by atoms with Gasteiger partial charge < -0.3 is 4.90 Å². The molecular formula is C23H26N2OS2. The lowest BCUT2D eigenvalue weighted by molar-refractivity contribution is 0.0709. The van der Waals surface area contributed by atoms with Crippen molar-refractivity contribution in [2.75, 3.05) is 18.8 Å². The van der Waals surface area contributed by atoms with Crippen LogP contribution >= 0.6 is 23.1 Å². The predicted octanol–water partition coefficient (Wildman–Crippen LogP) is 6.06. The summed E-state index contributed by atoms with van der Waals surface area (Å²) in [5.41, 5.74) is 1.95. The zero-order valence-electron chi connectivity index (χ0n) is 16.4. The third kappa shape index (κ3) is 4.26. The molecule has 1 fully saturated rings. The number of amides is 1. The van der Waals surface area contributed by atoms with Crippen molar-refractivity contribution in [2.24, 2.45) is 5.92 Å². The minimum Gasteiger partial charge on any atom is -0.339 e. The molecule has 0 radical (unpaired) electrons. The van der Waals surface area contributed by atoms with Gasteiger partial charge in [-0.05, 0) is 43.0 Å². The van der Waals surface area contributed by atoms with E-state index in [1.54, 1.807) is 23.1 Å². The summed E-state index contributed by atoms with van der Waals surface area (Å²) in [6.07, 6.45) is 1.99. The molecule has 3 aromatic rings. The Morgan fingerprint density at radius 1 is 1.14 bits per heavy atom. The Bertz CT molecular complexity index is 925. The van der Waals surface area contributed by atoms with Crippen molar-refractivity contribution in [1.29, 1.82) is 0 Å². The van der Waals surface area contributed by atoms with Gasteiger partial charge in [0, 0.05) is 29.7 Å². The van der Waals surface area contributed by atoms with Crippen LogP contribution in [0.25, 0.3) is 10.2 Å². The molecule has 0 unspecified atom stereocenters. The van der Waals surface area contributed by atoms with Crippen LogP contribution in [0, 0.1) is 5.92 Å². The smallest absolute Gasteiger partial charge is 0.254 e. The van der Waals surface area contributed by atoms with Gasteiger partial charge in [-0.15, -0.1) is 23.1 Å². The Kier molecular flexibility index (Phi) is 6.02. The van der Waals surface area contributed by atoms with Crippen LogP contribution in [0.1, 0.15) is 48.0 Å². The summed E-state index contributed by atoms with van der Waals surface area (Å²) in [6.45, 7) is 6.04. The van der Waals surface area contributed by atoms with Gasteiger partial charge in [0.1, 0.15) is 0 Å². The predicted molar refractivity (Wildman–Crippen MR) is 120 cm³/mol. The molecule has 0 N–H and O–H groups in total. The number of carbonyl (C=O) groups excluding carboxylic acids is 1. The Labute approximate surface area is 175 Å². The molecule has 0 saturated carbocycles. The SMILES string of the molecule is CC(C)CSc1ccccc1C(=O)N1CCC(c2nc3ccccc3s2)CC1. The van der Waals surface area contributed by atoms with E-state index in [2.05, 4.69) is 38.1 Å². The topological polar surface area (TPSA) is 33.2 Å². The average molecular weight is 411 g/mol. The molecule has 4 rings (SSSR count). The lowest BCUT2D eigenvalue weighted by atomic mass is 9.97. The summed E-state index contributed by atoms with van der Waals surface area (Å²) in [6, 6.07) is 16.4. The Morgan fingerprint density at radius 2 is 1.86 bits per heavy atom. The standard InChI is InChI=1S/C23H26N2OS2/c1-16(2)15-27-20-9-5-3-7-18(20)23(26)25-13-11-17(12-14-25)22-24-19-8-4-6-10-21(19)28-22/h3-10,16-17H,11-15H2,1-2H3. The van der Waals surface area contributed by atoms with E-state index < -0.39 is 0 Å². The summed E-state index contributed by atoms with van der Waals surface area (Å²) >= 11 is 3.60. The number of carbonyl (C=O) groups is 1. The fourth-order valence-electron chi connectivity index (χ4n) is 3.59. The average Bonchev–Trinajstić information content (AvgIpc) is 3.16. The Balaban J connectivity index is 1.43. The molecule has 0 spiro atoms. The molecule has 0 bridgehead atoms. The number of thiazole rings is 1. The lowest BCUT2D eigenvalue weighted by Gasteiger charge is -2.31. The minimum absolute atomic E-state index is 0.176. The molecular weight excluding hydrogens is 384 g/mol. The van der Waals surface area contributed by atoms with Crippen molar-refractivity contribution in [3.05, 3.63) is 59.1 Å². The second-order valence-corrected chi connectivity index (χ2v) is 9.91. The molecule has 1 aromatic heterocycles. The van der Waals surface area contributed by atoms with Crippen LogP contribution in [0.5, 0.6) is 0 Å². The molecule has 146 valence electrons. The van der Waals surface area contributed by atoms with Gasteiger partial charge in [0.05, 0.1) is 20.8 Å². The number of benzene rings is 2. The van der Waals surface area contributed by atoms with E-state index in [4.69, 9.17) is 4.98 Å². The first-order valence-corrected chi connectivity index (χ1v) is 11.8. The number of likely N-dealkylation sites (tertiary alicyclic amines) is 1. The number of piperidine rings is 1. The highest BCUT2D eigenvalue weighted by Crippen LogP contribution is 2.34. The summed E-state index contributed by atoms with van der Waals surface area (Å²) in [5.74, 6) is 2.28. The molecule has 5 heteroatoms. The monoisotopic (exact) mass is 410 g/mol. The minimum atomic E-state index is 0.176. The van der Waals surface area contributed by atoms with E-state index in [1.165, 1.54) is 9.71 Å². The van der Waals surface area contributed by atoms with Crippen molar-refractivity contribution in [2.45, 2.75) is 37.5 Å². The molecule has 2 heterocycles. The highest BCUT2D eigenvalue weighted by atomic mass is 32.2. The van der Waals surface area contributed by atoms with E-state index in [-0.39, 0.29) is 5.91 Å². The van der Waals surface area contributed by atoms with E-state index >= 15 is 0 Å². The molecule has 28 heavy (non-hydrogen) atoms. The van der Waals surface area contributed by atoms with E-state index in [0.717, 1.165) is 47.7 Å². The van der Waals surface area contributed by atoms with Crippen LogP contribution in [0.4, 0.5) is 0 Å². The number of thioether (sulfide) groups is 1. The van der Waals surface area contributed by atoms with Crippen LogP contribution in [-0.4, -0.2) is 34.6 Å². The van der Waals surface area contributed by atoms with Crippen LogP contribution in [0.3, 0.4) is 0 Å². The largest absolute Gasteiger partial charge is 0.339 e. The first-order valence-electron chi connectivity index (χ1n) is 9.98. The third-order valence-electron chi connectivity index (χ3n) is 5.13. The van der Waals surface area contributed by atoms with Crippen LogP contribution in [0.15, 0.2) is 53.4 Å². The van der Waals surface area contributed by atoms with Gasteiger partial charge >= 0.3 is 0 Å². The van der Waals surface area contributed by atoms with E-state index in [9.17, 15) is 4.79 Å². The number of hydrogen-bond donors (Lipinski definition) is 0. The number of para-hydroxylation sites is 1. The van der Waals surface area contributed by atoms with Gasteiger partial charge in [0.25, 0.3) is 5.91 Å². The van der Waals surface area contributed by atoms with Crippen LogP contribution in [-0.2, 0) is 0 Å². The molecule has 1 amide bonds. The summed E-state index contributed by atoms with van der Waals surface area (Å²) in [4.78, 5) is 21.1. The fraction of sp³-hybridized carbons (Fsp3) is 0.391. The second-order valence-electron chi connectivity index (χ2n) is 7.79. The van der Waals surface area contributed by atoms with Crippen LogP contribution < -0.4 is 0 Å². The maximum atomic E-state index is 13.1. The maximum absolute atomic E-state index is 13.1. The quantitative estimate of drug-likeness (QED) is 0.479. The molecule has 1 aliphatic rings. The highest BCUT2D eigenvalue weighted by Gasteiger charge is 2.27. The molecule has 0 aliphatic carbocycles. The Hall–Kier alpha value is -1.85. The van der Waals surface area contributed by atoms with Gasteiger partial charge in [-0.3, -0.25) is 4.79 Å². The van der Waals surface area contributed by atoms with Gasteiger partial charge in [0.2, 0.25) is 0 Å². The van der Waals surface area contributed by atoms with E-state index in [0.29, 0.717) is 11.8 Å². The number of rotatable bonds is 5. The van der Waals surface area contributed by atoms with Crippen molar-refractivity contribution in [1.82, 2.24) is 9.88 Å². The Morgan fingerprint density at radius 3 is 2.61 bits per heavy atom. The fourth-order valence-corrected chi connectivity index (χ4v) is 5.73. The summed E-state index contributed by atoms with van der Waals surface area (Å²) in [5, 5.41) is 1.22. The molecule has 1 saturated heterocycles. The number of nitrogens with zero attached hydrogens (tertiary/aromatic N) is 2. The first-order chi connectivity index (χ1) is 13.6. The molecule has 1 aliphatic heterocycles.